The number of hydrogen-bond acceptors (Lipinski definition) is 5. The van der Waals surface area contributed by atoms with Crippen molar-refractivity contribution in [2.75, 3.05) is 37.6 Å². The fourth-order valence-corrected chi connectivity index (χ4v) is 5.10. The molecule has 5 rings (SSSR count). The Morgan fingerprint density at radius 3 is 2.27 bits per heavy atom. The van der Waals surface area contributed by atoms with Gasteiger partial charge in [-0.3, -0.25) is 19.8 Å². The number of benzene rings is 2. The maximum Gasteiger partial charge on any atom is 0.342 e. The second-order valence-corrected chi connectivity index (χ2v) is 9.34. The molecular formula is C23H23Cl2N5O3. The highest BCUT2D eigenvalue weighted by atomic mass is 35.5. The zero-order chi connectivity index (χ0) is 23.1. The summed E-state index contributed by atoms with van der Waals surface area (Å²) in [5, 5.41) is 6.28. The Morgan fingerprint density at radius 2 is 1.58 bits per heavy atom. The number of halogens is 2. The smallest absolute Gasteiger partial charge is 0.342 e. The SMILES string of the molecule is O=C1CCN(N2Cc3cc(CN4CCN(c5cc(Cl)cc(Cl)c5)CC4)ccc3C2=O)C(=O)N1. The third-order valence-electron chi connectivity index (χ3n) is 6.27. The minimum absolute atomic E-state index is 0.185. The van der Waals surface area contributed by atoms with Gasteiger partial charge in [0.25, 0.3) is 5.91 Å². The van der Waals surface area contributed by atoms with Crippen molar-refractivity contribution >= 4 is 46.7 Å². The molecule has 0 aliphatic carbocycles. The lowest BCUT2D eigenvalue weighted by molar-refractivity contribution is -0.123. The summed E-state index contributed by atoms with van der Waals surface area (Å²) in [4.78, 5) is 41.1. The van der Waals surface area contributed by atoms with E-state index in [0.717, 1.165) is 49.5 Å². The van der Waals surface area contributed by atoms with E-state index < -0.39 is 6.03 Å². The molecule has 0 aromatic heterocycles. The highest BCUT2D eigenvalue weighted by Gasteiger charge is 2.37. The number of nitrogens with zero attached hydrogens (tertiary/aromatic N) is 4. The molecule has 1 N–H and O–H groups in total. The van der Waals surface area contributed by atoms with E-state index in [9.17, 15) is 14.4 Å². The predicted octanol–water partition coefficient (Wildman–Crippen LogP) is 3.13. The van der Waals surface area contributed by atoms with Crippen LogP contribution in [0, 0.1) is 0 Å². The molecule has 2 aromatic rings. The van der Waals surface area contributed by atoms with E-state index >= 15 is 0 Å². The first kappa shape index (κ1) is 22.0. The highest BCUT2D eigenvalue weighted by Crippen LogP contribution is 2.28. The van der Waals surface area contributed by atoms with Crippen LogP contribution in [0.1, 0.15) is 27.9 Å². The lowest BCUT2D eigenvalue weighted by Crippen LogP contribution is -2.56. The molecule has 8 nitrogen and oxygen atoms in total. The Kier molecular flexibility index (Phi) is 5.90. The zero-order valence-electron chi connectivity index (χ0n) is 17.9. The lowest BCUT2D eigenvalue weighted by atomic mass is 10.1. The van der Waals surface area contributed by atoms with Crippen LogP contribution in [0.4, 0.5) is 10.5 Å². The van der Waals surface area contributed by atoms with Gasteiger partial charge in [-0.25, -0.2) is 14.8 Å². The van der Waals surface area contributed by atoms with E-state index in [-0.39, 0.29) is 24.8 Å². The van der Waals surface area contributed by atoms with Crippen molar-refractivity contribution in [2.45, 2.75) is 19.5 Å². The average molecular weight is 488 g/mol. The molecule has 0 unspecified atom stereocenters. The number of imide groups is 1. The van der Waals surface area contributed by atoms with E-state index in [1.807, 2.05) is 30.3 Å². The van der Waals surface area contributed by atoms with Gasteiger partial charge in [0.05, 0.1) is 13.1 Å². The van der Waals surface area contributed by atoms with Crippen LogP contribution >= 0.6 is 23.2 Å². The van der Waals surface area contributed by atoms with Gasteiger partial charge in [-0.05, 0) is 35.4 Å². The number of rotatable bonds is 4. The first-order chi connectivity index (χ1) is 15.9. The molecule has 3 aliphatic rings. The quantitative estimate of drug-likeness (QED) is 0.716. The van der Waals surface area contributed by atoms with Crippen LogP contribution in [0.5, 0.6) is 0 Å². The molecule has 3 heterocycles. The topological polar surface area (TPSA) is 76.2 Å². The molecule has 0 spiro atoms. The number of urea groups is 1. The standard InChI is InChI=1S/C23H23Cl2N5O3/c24-17-10-18(25)12-19(11-17)28-7-5-27(6-8-28)13-15-1-2-20-16(9-15)14-30(22(20)32)29-4-3-21(31)26-23(29)33/h1-2,9-12H,3-8,13-14H2,(H,26,31,33). The van der Waals surface area contributed by atoms with Crippen molar-refractivity contribution in [1.82, 2.24) is 20.2 Å². The molecule has 2 fully saturated rings. The van der Waals surface area contributed by atoms with Gasteiger partial charge in [-0.15, -0.1) is 0 Å². The van der Waals surface area contributed by atoms with Crippen LogP contribution in [0.15, 0.2) is 36.4 Å². The Balaban J connectivity index is 1.21. The van der Waals surface area contributed by atoms with Crippen molar-refractivity contribution in [3.63, 3.8) is 0 Å². The molecule has 0 bridgehead atoms. The molecule has 3 aliphatic heterocycles. The van der Waals surface area contributed by atoms with E-state index in [1.54, 1.807) is 6.07 Å². The molecule has 10 heteroatoms. The lowest BCUT2D eigenvalue weighted by Gasteiger charge is -2.36. The summed E-state index contributed by atoms with van der Waals surface area (Å²) in [6.45, 7) is 4.85. The fourth-order valence-electron chi connectivity index (χ4n) is 4.58. The molecule has 172 valence electrons. The van der Waals surface area contributed by atoms with Crippen LogP contribution in [0.3, 0.4) is 0 Å². The Bertz CT molecular complexity index is 1110. The van der Waals surface area contributed by atoms with Crippen molar-refractivity contribution in [1.29, 1.82) is 0 Å². The van der Waals surface area contributed by atoms with Crippen LogP contribution in [-0.4, -0.2) is 65.5 Å². The molecule has 2 aromatic carbocycles. The minimum atomic E-state index is -0.550. The summed E-state index contributed by atoms with van der Waals surface area (Å²) >= 11 is 12.3. The maximum absolute atomic E-state index is 12.8. The van der Waals surface area contributed by atoms with E-state index in [1.165, 1.54) is 10.0 Å². The summed E-state index contributed by atoms with van der Waals surface area (Å²) < 4.78 is 0. The molecule has 0 radical (unpaired) electrons. The largest absolute Gasteiger partial charge is 0.369 e. The van der Waals surface area contributed by atoms with Crippen LogP contribution < -0.4 is 10.2 Å². The number of hydrazine groups is 1. The summed E-state index contributed by atoms with van der Waals surface area (Å²) in [5.41, 5.74) is 3.66. The number of piperazine rings is 1. The summed E-state index contributed by atoms with van der Waals surface area (Å²) in [6.07, 6.45) is 0.185. The number of amides is 4. The number of fused-ring (bicyclic) bond motifs is 1. The number of carbonyl (C=O) groups is 3. The number of hydrogen-bond donors (Lipinski definition) is 1. The van der Waals surface area contributed by atoms with E-state index in [0.29, 0.717) is 22.2 Å². The molecule has 33 heavy (non-hydrogen) atoms. The molecular weight excluding hydrogens is 465 g/mol. The Labute approximate surface area is 201 Å². The van der Waals surface area contributed by atoms with Gasteiger partial charge in [0.15, 0.2) is 0 Å². The Morgan fingerprint density at radius 1 is 0.848 bits per heavy atom. The normalized spacial score (nSPS) is 19.2. The first-order valence-electron chi connectivity index (χ1n) is 10.9. The Hall–Kier alpha value is -2.81. The average Bonchev–Trinajstić information content (AvgIpc) is 3.09. The third-order valence-corrected chi connectivity index (χ3v) is 6.70. The van der Waals surface area contributed by atoms with E-state index in [2.05, 4.69) is 15.1 Å². The second kappa shape index (κ2) is 8.85. The zero-order valence-corrected chi connectivity index (χ0v) is 19.4. The fraction of sp³-hybridized carbons (Fsp3) is 0.348. The van der Waals surface area contributed by atoms with Crippen molar-refractivity contribution < 1.29 is 14.4 Å². The minimum Gasteiger partial charge on any atom is -0.369 e. The molecule has 0 atom stereocenters. The summed E-state index contributed by atoms with van der Waals surface area (Å²) in [5.74, 6) is -0.531. The van der Waals surface area contributed by atoms with Gasteiger partial charge in [-0.2, -0.15) is 0 Å². The number of anilines is 1. The van der Waals surface area contributed by atoms with Gasteiger partial charge in [-0.1, -0.05) is 35.3 Å². The van der Waals surface area contributed by atoms with Crippen molar-refractivity contribution in [3.05, 3.63) is 63.1 Å². The predicted molar refractivity (Wildman–Crippen MR) is 125 cm³/mol. The van der Waals surface area contributed by atoms with Crippen LogP contribution in [0.2, 0.25) is 10.0 Å². The molecule has 2 saturated heterocycles. The first-order valence-corrected chi connectivity index (χ1v) is 11.6. The number of carbonyl (C=O) groups excluding carboxylic acids is 3. The summed E-state index contributed by atoms with van der Waals surface area (Å²) in [6, 6.07) is 10.9. The van der Waals surface area contributed by atoms with Gasteiger partial charge >= 0.3 is 6.03 Å². The van der Waals surface area contributed by atoms with Gasteiger partial charge in [0, 0.05) is 60.4 Å². The second-order valence-electron chi connectivity index (χ2n) is 8.47. The third kappa shape index (κ3) is 4.51. The molecule has 0 saturated carbocycles. The van der Waals surface area contributed by atoms with Gasteiger partial charge in [0.2, 0.25) is 5.91 Å². The van der Waals surface area contributed by atoms with Gasteiger partial charge < -0.3 is 4.90 Å². The molecule has 4 amide bonds. The van der Waals surface area contributed by atoms with E-state index in [4.69, 9.17) is 23.2 Å². The maximum atomic E-state index is 12.8. The summed E-state index contributed by atoms with van der Waals surface area (Å²) in [7, 11) is 0. The monoisotopic (exact) mass is 487 g/mol. The number of nitrogens with one attached hydrogen (secondary N) is 1. The van der Waals surface area contributed by atoms with Crippen LogP contribution in [-0.2, 0) is 17.9 Å². The highest BCUT2D eigenvalue weighted by molar-refractivity contribution is 6.35. The van der Waals surface area contributed by atoms with Crippen LogP contribution in [0.25, 0.3) is 0 Å². The van der Waals surface area contributed by atoms with Gasteiger partial charge in [0.1, 0.15) is 0 Å². The van der Waals surface area contributed by atoms with Crippen molar-refractivity contribution in [3.8, 4) is 0 Å². The van der Waals surface area contributed by atoms with Crippen molar-refractivity contribution in [2.24, 2.45) is 0 Å².